The first-order valence-corrected chi connectivity index (χ1v) is 7.54. The van der Waals surface area contributed by atoms with E-state index in [1.54, 1.807) is 7.11 Å². The second-order valence-corrected chi connectivity index (χ2v) is 5.24. The lowest BCUT2D eigenvalue weighted by molar-refractivity contribution is 0.310. The molecule has 0 atom stereocenters. The number of hydrogen-bond donors (Lipinski definition) is 2. The molecule has 0 amide bonds. The van der Waals surface area contributed by atoms with E-state index in [4.69, 9.17) is 9.47 Å². The van der Waals surface area contributed by atoms with Crippen LogP contribution in [0.3, 0.4) is 0 Å². The molecule has 2 rings (SSSR count). The summed E-state index contributed by atoms with van der Waals surface area (Å²) in [5.41, 5.74) is 1.24. The average Bonchev–Trinajstić information content (AvgIpc) is 2.49. The Morgan fingerprint density at radius 1 is 1.25 bits per heavy atom. The third-order valence-electron chi connectivity index (χ3n) is 3.75. The SMILES string of the molecule is CCOc1cc(CNCC2CCNCC2)ccc1OC. The van der Waals surface area contributed by atoms with E-state index in [9.17, 15) is 0 Å². The van der Waals surface area contributed by atoms with Gasteiger partial charge in [-0.2, -0.15) is 0 Å². The molecule has 4 nitrogen and oxygen atoms in total. The fraction of sp³-hybridized carbons (Fsp3) is 0.625. The molecule has 1 heterocycles. The number of benzene rings is 1. The summed E-state index contributed by atoms with van der Waals surface area (Å²) in [7, 11) is 1.67. The molecule has 0 spiro atoms. The molecule has 2 N–H and O–H groups in total. The van der Waals surface area contributed by atoms with Crippen LogP contribution in [-0.4, -0.2) is 33.4 Å². The van der Waals surface area contributed by atoms with E-state index in [1.807, 2.05) is 13.0 Å². The number of methoxy groups -OCH3 is 1. The Hall–Kier alpha value is -1.26. The number of piperidine rings is 1. The molecular weight excluding hydrogens is 252 g/mol. The minimum atomic E-state index is 0.655. The van der Waals surface area contributed by atoms with Crippen LogP contribution in [-0.2, 0) is 6.54 Å². The van der Waals surface area contributed by atoms with E-state index in [-0.39, 0.29) is 0 Å². The Balaban J connectivity index is 1.84. The summed E-state index contributed by atoms with van der Waals surface area (Å²) in [5.74, 6) is 2.44. The molecule has 1 aliphatic rings. The molecule has 1 saturated heterocycles. The minimum Gasteiger partial charge on any atom is -0.493 e. The predicted molar refractivity (Wildman–Crippen MR) is 81.5 cm³/mol. The van der Waals surface area contributed by atoms with Crippen LogP contribution < -0.4 is 20.1 Å². The van der Waals surface area contributed by atoms with Crippen LogP contribution in [0, 0.1) is 5.92 Å². The molecule has 0 unspecified atom stereocenters. The van der Waals surface area contributed by atoms with Crippen LogP contribution in [0.1, 0.15) is 25.3 Å². The lowest BCUT2D eigenvalue weighted by atomic mass is 9.98. The fourth-order valence-electron chi connectivity index (χ4n) is 2.61. The highest BCUT2D eigenvalue weighted by Crippen LogP contribution is 2.28. The molecule has 1 aliphatic heterocycles. The maximum Gasteiger partial charge on any atom is 0.161 e. The summed E-state index contributed by atoms with van der Waals surface area (Å²) in [6.07, 6.45) is 2.56. The Morgan fingerprint density at radius 2 is 2.05 bits per heavy atom. The molecule has 1 aromatic rings. The number of nitrogens with one attached hydrogen (secondary N) is 2. The van der Waals surface area contributed by atoms with Crippen molar-refractivity contribution < 1.29 is 9.47 Å². The van der Waals surface area contributed by atoms with Gasteiger partial charge in [-0.05, 0) is 63.0 Å². The standard InChI is InChI=1S/C16H26N2O2/c1-3-20-16-10-14(4-5-15(16)19-2)12-18-11-13-6-8-17-9-7-13/h4-5,10,13,17-18H,3,6-9,11-12H2,1-2H3. The van der Waals surface area contributed by atoms with Crippen LogP contribution in [0.25, 0.3) is 0 Å². The highest BCUT2D eigenvalue weighted by Gasteiger charge is 2.12. The summed E-state index contributed by atoms with van der Waals surface area (Å²) in [6.45, 7) is 6.93. The zero-order valence-corrected chi connectivity index (χ0v) is 12.6. The van der Waals surface area contributed by atoms with Gasteiger partial charge >= 0.3 is 0 Å². The smallest absolute Gasteiger partial charge is 0.161 e. The van der Waals surface area contributed by atoms with Gasteiger partial charge < -0.3 is 20.1 Å². The van der Waals surface area contributed by atoms with Gasteiger partial charge in [-0.25, -0.2) is 0 Å². The van der Waals surface area contributed by atoms with Crippen molar-refractivity contribution in [1.29, 1.82) is 0 Å². The number of ether oxygens (including phenoxy) is 2. The van der Waals surface area contributed by atoms with Crippen LogP contribution in [0.4, 0.5) is 0 Å². The molecule has 0 aromatic heterocycles. The second-order valence-electron chi connectivity index (χ2n) is 5.24. The topological polar surface area (TPSA) is 42.5 Å². The highest BCUT2D eigenvalue weighted by atomic mass is 16.5. The van der Waals surface area contributed by atoms with Crippen LogP contribution in [0.15, 0.2) is 18.2 Å². The third-order valence-corrected chi connectivity index (χ3v) is 3.75. The second kappa shape index (κ2) is 8.12. The van der Waals surface area contributed by atoms with E-state index < -0.39 is 0 Å². The van der Waals surface area contributed by atoms with Crippen LogP contribution >= 0.6 is 0 Å². The highest BCUT2D eigenvalue weighted by molar-refractivity contribution is 5.42. The molecule has 1 aromatic carbocycles. The molecule has 112 valence electrons. The first-order valence-electron chi connectivity index (χ1n) is 7.54. The van der Waals surface area contributed by atoms with Crippen molar-refractivity contribution in [2.24, 2.45) is 5.92 Å². The van der Waals surface area contributed by atoms with Gasteiger partial charge in [0.15, 0.2) is 11.5 Å². The van der Waals surface area contributed by atoms with Gasteiger partial charge in [0, 0.05) is 6.54 Å². The van der Waals surface area contributed by atoms with E-state index in [1.165, 1.54) is 18.4 Å². The van der Waals surface area contributed by atoms with Crippen LogP contribution in [0.5, 0.6) is 11.5 Å². The first kappa shape index (κ1) is 15.1. The Bertz CT molecular complexity index is 403. The Labute approximate surface area is 121 Å². The molecule has 0 aliphatic carbocycles. The molecule has 4 heteroatoms. The third kappa shape index (κ3) is 4.39. The summed E-state index contributed by atoms with van der Waals surface area (Å²) >= 11 is 0. The quantitative estimate of drug-likeness (QED) is 0.802. The van der Waals surface area contributed by atoms with Gasteiger partial charge in [-0.15, -0.1) is 0 Å². The lowest BCUT2D eigenvalue weighted by Gasteiger charge is -2.22. The van der Waals surface area contributed by atoms with Crippen molar-refractivity contribution in [3.8, 4) is 11.5 Å². The molecule has 0 bridgehead atoms. The van der Waals surface area contributed by atoms with Gasteiger partial charge in [-0.3, -0.25) is 0 Å². The summed E-state index contributed by atoms with van der Waals surface area (Å²) in [5, 5.41) is 6.95. The Morgan fingerprint density at radius 3 is 2.75 bits per heavy atom. The molecule has 0 radical (unpaired) electrons. The molecule has 1 fully saturated rings. The molecular formula is C16H26N2O2. The minimum absolute atomic E-state index is 0.655. The van der Waals surface area contributed by atoms with Crippen molar-refractivity contribution in [3.63, 3.8) is 0 Å². The van der Waals surface area contributed by atoms with E-state index in [0.29, 0.717) is 6.61 Å². The Kier molecular flexibility index (Phi) is 6.15. The fourth-order valence-corrected chi connectivity index (χ4v) is 2.61. The van der Waals surface area contributed by atoms with Crippen molar-refractivity contribution in [2.45, 2.75) is 26.3 Å². The zero-order valence-electron chi connectivity index (χ0n) is 12.6. The average molecular weight is 278 g/mol. The largest absolute Gasteiger partial charge is 0.493 e. The van der Waals surface area contributed by atoms with Gasteiger partial charge in [0.2, 0.25) is 0 Å². The monoisotopic (exact) mass is 278 g/mol. The lowest BCUT2D eigenvalue weighted by Crippen LogP contribution is -2.33. The van der Waals surface area contributed by atoms with Crippen molar-refractivity contribution in [1.82, 2.24) is 10.6 Å². The first-order chi connectivity index (χ1) is 9.83. The van der Waals surface area contributed by atoms with Gasteiger partial charge in [0.05, 0.1) is 13.7 Å². The maximum atomic E-state index is 5.60. The summed E-state index contributed by atoms with van der Waals surface area (Å²) in [6, 6.07) is 6.14. The maximum absolute atomic E-state index is 5.60. The summed E-state index contributed by atoms with van der Waals surface area (Å²) in [4.78, 5) is 0. The van der Waals surface area contributed by atoms with Crippen LogP contribution in [0.2, 0.25) is 0 Å². The van der Waals surface area contributed by atoms with Crippen molar-refractivity contribution >= 4 is 0 Å². The predicted octanol–water partition coefficient (Wildman–Crippen LogP) is 2.18. The molecule has 20 heavy (non-hydrogen) atoms. The van der Waals surface area contributed by atoms with Gasteiger partial charge in [0.1, 0.15) is 0 Å². The number of rotatable bonds is 7. The van der Waals surface area contributed by atoms with E-state index >= 15 is 0 Å². The number of hydrogen-bond acceptors (Lipinski definition) is 4. The normalized spacial score (nSPS) is 16.1. The van der Waals surface area contributed by atoms with Gasteiger partial charge in [0.25, 0.3) is 0 Å². The van der Waals surface area contributed by atoms with E-state index in [2.05, 4.69) is 22.8 Å². The van der Waals surface area contributed by atoms with Gasteiger partial charge in [-0.1, -0.05) is 6.07 Å². The van der Waals surface area contributed by atoms with E-state index in [0.717, 1.165) is 43.6 Å². The summed E-state index contributed by atoms with van der Waals surface area (Å²) < 4.78 is 10.9. The van der Waals surface area contributed by atoms with Crippen molar-refractivity contribution in [3.05, 3.63) is 23.8 Å². The molecule has 0 saturated carbocycles. The van der Waals surface area contributed by atoms with Crippen molar-refractivity contribution in [2.75, 3.05) is 33.4 Å². The zero-order chi connectivity index (χ0) is 14.2.